The molecule has 2 atom stereocenters. The van der Waals surface area contributed by atoms with Crippen molar-refractivity contribution in [3.8, 4) is 0 Å². The largest absolute Gasteiger partial charge is 0.481 e. The maximum absolute atomic E-state index is 12.7. The van der Waals surface area contributed by atoms with Crippen LogP contribution in [0.15, 0.2) is 72.3 Å². The normalized spacial score (nSPS) is 20.9. The zero-order valence-electron chi connectivity index (χ0n) is 15.6. The Morgan fingerprint density at radius 3 is 1.70 bits per heavy atom. The van der Waals surface area contributed by atoms with Gasteiger partial charge in [0.2, 0.25) is 11.8 Å². The molecule has 0 aliphatic heterocycles. The molecule has 30 heavy (non-hydrogen) atoms. The van der Waals surface area contributed by atoms with Crippen LogP contribution in [0.1, 0.15) is 11.1 Å². The fourth-order valence-corrected chi connectivity index (χ4v) is 3.86. The molecule has 1 aliphatic rings. The monoisotopic (exact) mass is 406 g/mol. The molecule has 0 saturated heterocycles. The molecule has 0 aromatic heterocycles. The van der Waals surface area contributed by atoms with Gasteiger partial charge >= 0.3 is 11.9 Å². The molecule has 0 bridgehead atoms. The number of carboxylic acids is 2. The minimum Gasteiger partial charge on any atom is -0.481 e. The Balaban J connectivity index is 2.53. The molecule has 6 N–H and O–H groups in total. The summed E-state index contributed by atoms with van der Waals surface area (Å²) in [7, 11) is 0. The highest BCUT2D eigenvalue weighted by Gasteiger charge is 2.61. The third-order valence-corrected chi connectivity index (χ3v) is 5.13. The Kier molecular flexibility index (Phi) is 5.25. The zero-order valence-corrected chi connectivity index (χ0v) is 15.6. The summed E-state index contributed by atoms with van der Waals surface area (Å²) in [6.07, 6.45) is 1.15. The maximum Gasteiger partial charge on any atom is 0.325 e. The van der Waals surface area contributed by atoms with Gasteiger partial charge in [-0.05, 0) is 28.3 Å². The van der Waals surface area contributed by atoms with E-state index < -0.39 is 35.1 Å². The molecular weight excluding hydrogens is 388 g/mol. The van der Waals surface area contributed by atoms with Gasteiger partial charge in [-0.15, -0.1) is 0 Å². The van der Waals surface area contributed by atoms with Crippen LogP contribution in [0.25, 0.3) is 11.1 Å². The lowest BCUT2D eigenvalue weighted by atomic mass is 9.59. The Morgan fingerprint density at radius 1 is 0.800 bits per heavy atom. The van der Waals surface area contributed by atoms with E-state index in [0.29, 0.717) is 0 Å². The van der Waals surface area contributed by atoms with Gasteiger partial charge in [-0.25, -0.2) is 0 Å². The van der Waals surface area contributed by atoms with Crippen molar-refractivity contribution in [1.29, 1.82) is 0 Å². The predicted molar refractivity (Wildman–Crippen MR) is 107 cm³/mol. The number of benzene rings is 2. The molecule has 2 aromatic carbocycles. The molecule has 0 fully saturated rings. The van der Waals surface area contributed by atoms with Crippen LogP contribution >= 0.6 is 0 Å². The Morgan fingerprint density at radius 2 is 1.30 bits per heavy atom. The number of carbonyl (C=O) groups excluding carboxylic acids is 2. The lowest BCUT2D eigenvalue weighted by Crippen LogP contribution is -2.54. The van der Waals surface area contributed by atoms with E-state index in [4.69, 9.17) is 11.5 Å². The van der Waals surface area contributed by atoms with Gasteiger partial charge in [0.25, 0.3) is 0 Å². The van der Waals surface area contributed by atoms with Crippen molar-refractivity contribution in [3.63, 3.8) is 0 Å². The first-order valence-corrected chi connectivity index (χ1v) is 8.86. The average Bonchev–Trinajstić information content (AvgIpc) is 2.72. The summed E-state index contributed by atoms with van der Waals surface area (Å²) in [5.41, 5.74) is 8.30. The Hall–Kier alpha value is -4.20. The highest BCUT2D eigenvalue weighted by atomic mass is 16.4. The number of hydrogen-bond donors (Lipinski definition) is 4. The third-order valence-electron chi connectivity index (χ3n) is 5.13. The standard InChI is InChI=1S/C22H18N2O6/c23-18(25)14-11-15(12-7-3-1-4-8-12)22(20(24)28,21(29)30)17(19(26)27)16(14)13-9-5-2-6-10-13/h1-11,17H,(H2,23,25)(H2,24,28)(H,26,27)(H,29,30). The van der Waals surface area contributed by atoms with Crippen molar-refractivity contribution in [2.75, 3.05) is 0 Å². The molecule has 1 aliphatic carbocycles. The SMILES string of the molecule is NC(=O)C1=C(c2ccccc2)C(C(=O)O)C(C(N)=O)(C(=O)O)C(c2ccccc2)=C1. The van der Waals surface area contributed by atoms with E-state index in [1.807, 2.05) is 0 Å². The number of carboxylic acid groups (broad SMARTS) is 2. The van der Waals surface area contributed by atoms with Crippen LogP contribution in [0.2, 0.25) is 0 Å². The van der Waals surface area contributed by atoms with E-state index in [9.17, 15) is 29.4 Å². The van der Waals surface area contributed by atoms with Gasteiger partial charge in [0.15, 0.2) is 5.41 Å². The van der Waals surface area contributed by atoms with Gasteiger partial charge in [-0.1, -0.05) is 60.7 Å². The quantitative estimate of drug-likeness (QED) is 0.528. The van der Waals surface area contributed by atoms with Crippen molar-refractivity contribution in [1.82, 2.24) is 0 Å². The molecule has 8 heteroatoms. The first kappa shape index (κ1) is 20.5. The molecule has 3 rings (SSSR count). The van der Waals surface area contributed by atoms with Crippen LogP contribution < -0.4 is 11.5 Å². The Bertz CT molecular complexity index is 1090. The van der Waals surface area contributed by atoms with E-state index in [2.05, 4.69) is 0 Å². The fourth-order valence-electron chi connectivity index (χ4n) is 3.86. The fraction of sp³-hybridized carbons (Fsp3) is 0.0909. The van der Waals surface area contributed by atoms with E-state index in [1.165, 1.54) is 24.3 Å². The summed E-state index contributed by atoms with van der Waals surface area (Å²) in [6.45, 7) is 0. The first-order chi connectivity index (χ1) is 14.2. The summed E-state index contributed by atoms with van der Waals surface area (Å²) in [5, 5.41) is 20.2. The third kappa shape index (κ3) is 3.04. The van der Waals surface area contributed by atoms with Gasteiger partial charge < -0.3 is 21.7 Å². The second kappa shape index (κ2) is 7.67. The van der Waals surface area contributed by atoms with Crippen LogP contribution in [-0.2, 0) is 19.2 Å². The van der Waals surface area contributed by atoms with Crippen LogP contribution in [0.3, 0.4) is 0 Å². The predicted octanol–water partition coefficient (Wildman–Crippen LogP) is 1.28. The first-order valence-electron chi connectivity index (χ1n) is 8.86. The average molecular weight is 406 g/mol. The summed E-state index contributed by atoms with van der Waals surface area (Å²) in [6, 6.07) is 15.7. The molecule has 2 aromatic rings. The number of rotatable bonds is 6. The lowest BCUT2D eigenvalue weighted by Gasteiger charge is -2.39. The number of carbonyl (C=O) groups is 4. The minimum absolute atomic E-state index is 0.184. The second-order valence-electron chi connectivity index (χ2n) is 6.73. The molecule has 2 amide bonds. The summed E-state index contributed by atoms with van der Waals surface area (Å²) < 4.78 is 0. The summed E-state index contributed by atoms with van der Waals surface area (Å²) in [4.78, 5) is 49.9. The molecule has 0 heterocycles. The maximum atomic E-state index is 12.7. The highest BCUT2D eigenvalue weighted by molar-refractivity contribution is 6.23. The van der Waals surface area contributed by atoms with Crippen LogP contribution in [0.5, 0.6) is 0 Å². The Labute approximate surface area is 171 Å². The van der Waals surface area contributed by atoms with E-state index >= 15 is 0 Å². The smallest absolute Gasteiger partial charge is 0.325 e. The molecular formula is C22H18N2O6. The molecule has 0 radical (unpaired) electrons. The van der Waals surface area contributed by atoms with Gasteiger partial charge in [-0.3, -0.25) is 19.2 Å². The molecule has 0 saturated carbocycles. The van der Waals surface area contributed by atoms with Gasteiger partial charge in [-0.2, -0.15) is 0 Å². The second-order valence-corrected chi connectivity index (χ2v) is 6.73. The lowest BCUT2D eigenvalue weighted by molar-refractivity contribution is -0.160. The van der Waals surface area contributed by atoms with Gasteiger partial charge in [0.05, 0.1) is 0 Å². The topological polar surface area (TPSA) is 161 Å². The number of aliphatic carboxylic acids is 2. The molecule has 2 unspecified atom stereocenters. The van der Waals surface area contributed by atoms with E-state index in [1.54, 1.807) is 36.4 Å². The molecule has 152 valence electrons. The summed E-state index contributed by atoms with van der Waals surface area (Å²) >= 11 is 0. The molecule has 8 nitrogen and oxygen atoms in total. The summed E-state index contributed by atoms with van der Waals surface area (Å²) in [5.74, 6) is -7.69. The molecule has 0 spiro atoms. The number of nitrogens with two attached hydrogens (primary N) is 2. The van der Waals surface area contributed by atoms with Gasteiger partial charge in [0.1, 0.15) is 5.92 Å². The van der Waals surface area contributed by atoms with Crippen molar-refractivity contribution in [3.05, 3.63) is 83.4 Å². The highest BCUT2D eigenvalue weighted by Crippen LogP contribution is 2.52. The van der Waals surface area contributed by atoms with Crippen molar-refractivity contribution in [2.45, 2.75) is 0 Å². The van der Waals surface area contributed by atoms with Crippen molar-refractivity contribution < 1.29 is 29.4 Å². The van der Waals surface area contributed by atoms with Crippen LogP contribution in [0, 0.1) is 11.3 Å². The van der Waals surface area contributed by atoms with Gasteiger partial charge in [0, 0.05) is 5.57 Å². The van der Waals surface area contributed by atoms with Crippen molar-refractivity contribution in [2.24, 2.45) is 22.8 Å². The minimum atomic E-state index is -2.67. The van der Waals surface area contributed by atoms with Crippen molar-refractivity contribution >= 4 is 34.9 Å². The van der Waals surface area contributed by atoms with Crippen LogP contribution in [0.4, 0.5) is 0 Å². The number of primary amides is 2. The van der Waals surface area contributed by atoms with E-state index in [0.717, 1.165) is 6.08 Å². The van der Waals surface area contributed by atoms with E-state index in [-0.39, 0.29) is 27.8 Å². The zero-order chi connectivity index (χ0) is 22.1. The number of hydrogen-bond acceptors (Lipinski definition) is 4. The number of amides is 2. The van der Waals surface area contributed by atoms with Crippen LogP contribution in [-0.4, -0.2) is 34.0 Å².